The fraction of sp³-hybridized carbons (Fsp3) is 0.357. The molecule has 0 bridgehead atoms. The van der Waals surface area contributed by atoms with Crippen molar-refractivity contribution in [2.45, 2.75) is 26.3 Å². The summed E-state index contributed by atoms with van der Waals surface area (Å²) in [4.78, 5) is 28.4. The van der Waals surface area contributed by atoms with Crippen LogP contribution < -0.4 is 10.7 Å². The average Bonchev–Trinajstić information content (AvgIpc) is 2.93. The summed E-state index contributed by atoms with van der Waals surface area (Å²) in [6.45, 7) is 3.80. The Morgan fingerprint density at radius 2 is 2.30 bits per heavy atom. The highest BCUT2D eigenvalue weighted by Gasteiger charge is 2.18. The van der Waals surface area contributed by atoms with Crippen molar-refractivity contribution >= 4 is 17.2 Å². The van der Waals surface area contributed by atoms with Gasteiger partial charge < -0.3 is 9.88 Å². The number of pyridine rings is 1. The van der Waals surface area contributed by atoms with Crippen molar-refractivity contribution in [1.82, 2.24) is 14.9 Å². The van der Waals surface area contributed by atoms with E-state index in [9.17, 15) is 9.59 Å². The maximum atomic E-state index is 12.2. The van der Waals surface area contributed by atoms with Crippen molar-refractivity contribution in [1.29, 1.82) is 0 Å². The van der Waals surface area contributed by atoms with Crippen LogP contribution in [0.4, 0.5) is 0 Å². The van der Waals surface area contributed by atoms with Crippen molar-refractivity contribution in [3.8, 4) is 0 Å². The summed E-state index contributed by atoms with van der Waals surface area (Å²) in [7, 11) is 1.81. The quantitative estimate of drug-likeness (QED) is 0.937. The van der Waals surface area contributed by atoms with E-state index in [4.69, 9.17) is 0 Å². The Kier molecular flexibility index (Phi) is 4.34. The van der Waals surface area contributed by atoms with Crippen molar-refractivity contribution in [3.05, 3.63) is 50.3 Å². The molecular formula is C14H17N3O2S. The van der Waals surface area contributed by atoms with Gasteiger partial charge in [0.25, 0.3) is 5.91 Å². The van der Waals surface area contributed by atoms with Crippen molar-refractivity contribution in [3.63, 3.8) is 0 Å². The van der Waals surface area contributed by atoms with Gasteiger partial charge in [-0.25, -0.2) is 4.98 Å². The van der Waals surface area contributed by atoms with Crippen molar-refractivity contribution in [2.75, 3.05) is 0 Å². The fourth-order valence-electron chi connectivity index (χ4n) is 1.88. The average molecular weight is 291 g/mol. The second-order valence-corrected chi connectivity index (χ2v) is 5.53. The highest BCUT2D eigenvalue weighted by Crippen LogP contribution is 2.18. The van der Waals surface area contributed by atoms with Gasteiger partial charge in [-0.3, -0.25) is 9.59 Å². The molecule has 106 valence electrons. The third kappa shape index (κ3) is 2.96. The van der Waals surface area contributed by atoms with E-state index in [1.165, 1.54) is 17.4 Å². The molecule has 0 saturated heterocycles. The van der Waals surface area contributed by atoms with Gasteiger partial charge in [0.1, 0.15) is 10.6 Å². The number of amides is 1. The predicted octanol–water partition coefficient (Wildman–Crippen LogP) is 2.03. The van der Waals surface area contributed by atoms with Crippen LogP contribution in [0, 0.1) is 6.92 Å². The Bertz CT molecular complexity index is 662. The molecule has 20 heavy (non-hydrogen) atoms. The molecule has 0 fully saturated rings. The van der Waals surface area contributed by atoms with E-state index in [1.807, 2.05) is 26.3 Å². The number of nitrogens with zero attached hydrogens (tertiary/aromatic N) is 2. The number of hydrogen-bond donors (Lipinski definition) is 1. The number of hydrogen-bond acceptors (Lipinski definition) is 4. The summed E-state index contributed by atoms with van der Waals surface area (Å²) in [5, 5.41) is 5.59. The molecule has 1 amide bonds. The van der Waals surface area contributed by atoms with Gasteiger partial charge in [-0.15, -0.1) is 11.3 Å². The SMILES string of the molecule is CC[C@H](NC(=O)c1cn(C)c(C)cc1=O)c1nccs1. The lowest BCUT2D eigenvalue weighted by Gasteiger charge is -2.15. The first-order valence-electron chi connectivity index (χ1n) is 6.40. The summed E-state index contributed by atoms with van der Waals surface area (Å²) in [6, 6.07) is 1.31. The lowest BCUT2D eigenvalue weighted by molar-refractivity contribution is 0.0933. The lowest BCUT2D eigenvalue weighted by atomic mass is 10.2. The first-order valence-corrected chi connectivity index (χ1v) is 7.28. The number of carbonyl (C=O) groups is 1. The van der Waals surface area contributed by atoms with Crippen LogP contribution in [0.1, 0.15) is 40.4 Å². The molecule has 1 atom stereocenters. The monoisotopic (exact) mass is 291 g/mol. The van der Waals surface area contributed by atoms with Gasteiger partial charge in [-0.1, -0.05) is 6.92 Å². The van der Waals surface area contributed by atoms with Gasteiger partial charge in [0, 0.05) is 36.6 Å². The van der Waals surface area contributed by atoms with Gasteiger partial charge in [-0.05, 0) is 13.3 Å². The van der Waals surface area contributed by atoms with Crippen LogP contribution in [0.5, 0.6) is 0 Å². The van der Waals surface area contributed by atoms with Crippen molar-refractivity contribution in [2.24, 2.45) is 7.05 Å². The Hall–Kier alpha value is -1.95. The molecule has 0 spiro atoms. The standard InChI is InChI=1S/C14H17N3O2S/c1-4-11(14-15-5-6-20-14)16-13(19)10-8-17(3)9(2)7-12(10)18/h5-8,11H,4H2,1-3H3,(H,16,19)/t11-/m0/s1. The van der Waals surface area contributed by atoms with E-state index in [2.05, 4.69) is 10.3 Å². The summed E-state index contributed by atoms with van der Waals surface area (Å²) in [5.41, 5.74) is 0.721. The number of carbonyl (C=O) groups excluding carboxylic acids is 1. The molecule has 0 aromatic carbocycles. The molecule has 5 nitrogen and oxygen atoms in total. The zero-order valence-corrected chi connectivity index (χ0v) is 12.5. The second kappa shape index (κ2) is 6.00. The minimum atomic E-state index is -0.354. The number of aryl methyl sites for hydroxylation is 2. The number of thiazole rings is 1. The topological polar surface area (TPSA) is 64.0 Å². The molecule has 0 aliphatic carbocycles. The van der Waals surface area contributed by atoms with Crippen LogP contribution >= 0.6 is 11.3 Å². The Balaban J connectivity index is 2.24. The van der Waals surface area contributed by atoms with Gasteiger partial charge in [0.05, 0.1) is 6.04 Å². The van der Waals surface area contributed by atoms with Crippen molar-refractivity contribution < 1.29 is 4.79 Å². The van der Waals surface area contributed by atoms with Gasteiger partial charge in [0.15, 0.2) is 5.43 Å². The first-order chi connectivity index (χ1) is 9.52. The van der Waals surface area contributed by atoms with E-state index in [1.54, 1.807) is 17.0 Å². The Morgan fingerprint density at radius 1 is 1.55 bits per heavy atom. The molecule has 0 saturated carbocycles. The normalized spacial score (nSPS) is 12.2. The van der Waals surface area contributed by atoms with Crippen LogP contribution in [0.25, 0.3) is 0 Å². The number of aromatic nitrogens is 2. The van der Waals surface area contributed by atoms with Crippen LogP contribution in [-0.2, 0) is 7.05 Å². The maximum Gasteiger partial charge on any atom is 0.257 e. The van der Waals surface area contributed by atoms with E-state index in [0.29, 0.717) is 0 Å². The summed E-state index contributed by atoms with van der Waals surface area (Å²) in [6.07, 6.45) is 4.01. The van der Waals surface area contributed by atoms with Crippen LogP contribution in [-0.4, -0.2) is 15.5 Å². The highest BCUT2D eigenvalue weighted by molar-refractivity contribution is 7.09. The summed E-state index contributed by atoms with van der Waals surface area (Å²) < 4.78 is 1.76. The van der Waals surface area contributed by atoms with Gasteiger partial charge >= 0.3 is 0 Å². The number of rotatable bonds is 4. The minimum absolute atomic E-state index is 0.159. The zero-order chi connectivity index (χ0) is 14.7. The van der Waals surface area contributed by atoms with Crippen LogP contribution in [0.2, 0.25) is 0 Å². The fourth-order valence-corrected chi connectivity index (χ4v) is 2.65. The van der Waals surface area contributed by atoms with Crippen LogP contribution in [0.3, 0.4) is 0 Å². The Labute approximate surface area is 121 Å². The second-order valence-electron chi connectivity index (χ2n) is 4.61. The Morgan fingerprint density at radius 3 is 2.90 bits per heavy atom. The molecule has 2 aromatic rings. The smallest absolute Gasteiger partial charge is 0.257 e. The minimum Gasteiger partial charge on any atom is -0.354 e. The molecule has 0 radical (unpaired) electrons. The third-order valence-electron chi connectivity index (χ3n) is 3.19. The summed E-state index contributed by atoms with van der Waals surface area (Å²) >= 11 is 1.49. The molecule has 0 aliphatic heterocycles. The molecular weight excluding hydrogens is 274 g/mol. The molecule has 0 unspecified atom stereocenters. The lowest BCUT2D eigenvalue weighted by Crippen LogP contribution is -2.32. The summed E-state index contributed by atoms with van der Waals surface area (Å²) in [5.74, 6) is -0.354. The maximum absolute atomic E-state index is 12.2. The molecule has 1 N–H and O–H groups in total. The first kappa shape index (κ1) is 14.5. The molecule has 0 aliphatic rings. The van der Waals surface area contributed by atoms with E-state index in [0.717, 1.165) is 17.1 Å². The third-order valence-corrected chi connectivity index (χ3v) is 4.08. The largest absolute Gasteiger partial charge is 0.354 e. The zero-order valence-electron chi connectivity index (χ0n) is 11.7. The molecule has 2 aromatic heterocycles. The van der Waals surface area contributed by atoms with Gasteiger partial charge in [-0.2, -0.15) is 0 Å². The van der Waals surface area contributed by atoms with E-state index >= 15 is 0 Å². The predicted molar refractivity (Wildman–Crippen MR) is 79.0 cm³/mol. The molecule has 2 rings (SSSR count). The van der Waals surface area contributed by atoms with E-state index in [-0.39, 0.29) is 22.9 Å². The van der Waals surface area contributed by atoms with Gasteiger partial charge in [0.2, 0.25) is 0 Å². The van der Waals surface area contributed by atoms with Crippen LogP contribution in [0.15, 0.2) is 28.6 Å². The molecule has 6 heteroatoms. The van der Waals surface area contributed by atoms with E-state index < -0.39 is 0 Å². The number of nitrogens with one attached hydrogen (secondary N) is 1. The highest BCUT2D eigenvalue weighted by atomic mass is 32.1. The molecule has 2 heterocycles.